The van der Waals surface area contributed by atoms with E-state index >= 15 is 0 Å². The highest BCUT2D eigenvalue weighted by Crippen LogP contribution is 2.15. The van der Waals surface area contributed by atoms with Gasteiger partial charge in [-0.25, -0.2) is 0 Å². The molecule has 3 aromatic carbocycles. The molecule has 0 aliphatic heterocycles. The number of thiol groups is 1. The minimum atomic E-state index is 0.0959. The van der Waals surface area contributed by atoms with Gasteiger partial charge in [-0.05, 0) is 67.4 Å². The van der Waals surface area contributed by atoms with Crippen LogP contribution < -0.4 is 5.32 Å². The van der Waals surface area contributed by atoms with Crippen molar-refractivity contribution < 1.29 is 4.79 Å². The van der Waals surface area contributed by atoms with Gasteiger partial charge in [0.25, 0.3) is 5.91 Å². The van der Waals surface area contributed by atoms with Crippen LogP contribution in [0, 0.1) is 0 Å². The second-order valence-electron chi connectivity index (χ2n) is 6.78. The van der Waals surface area contributed by atoms with Gasteiger partial charge in [0, 0.05) is 40.8 Å². The molecule has 0 unspecified atom stereocenters. The van der Waals surface area contributed by atoms with E-state index in [4.69, 9.17) is 11.6 Å². The number of carbonyl (C=O) groups excluding carboxylic acids is 1. The number of hydrogen-bond donors (Lipinski definition) is 2. The maximum atomic E-state index is 12.4. The summed E-state index contributed by atoms with van der Waals surface area (Å²) in [5, 5.41) is 4.09. The van der Waals surface area contributed by atoms with Crippen molar-refractivity contribution in [3.63, 3.8) is 0 Å². The zero-order valence-electron chi connectivity index (χ0n) is 17.5. The summed E-state index contributed by atoms with van der Waals surface area (Å²) in [5.74, 6) is 0.0959. The van der Waals surface area contributed by atoms with Crippen LogP contribution in [0.5, 0.6) is 0 Å². The van der Waals surface area contributed by atoms with Gasteiger partial charge >= 0.3 is 0 Å². The summed E-state index contributed by atoms with van der Waals surface area (Å²) in [6.45, 7) is 6.35. The Kier molecular flexibility index (Phi) is 10.3. The van der Waals surface area contributed by atoms with Crippen LogP contribution in [0.15, 0.2) is 83.8 Å². The first-order chi connectivity index (χ1) is 14.5. The Labute approximate surface area is 190 Å². The Balaban J connectivity index is 0.000000386. The second-order valence-corrected chi connectivity index (χ2v) is 7.73. The third kappa shape index (κ3) is 8.13. The van der Waals surface area contributed by atoms with Gasteiger partial charge in [0.2, 0.25) is 0 Å². The lowest BCUT2D eigenvalue weighted by Gasteiger charge is -2.20. The van der Waals surface area contributed by atoms with Crippen LogP contribution in [0.1, 0.15) is 36.2 Å². The van der Waals surface area contributed by atoms with Gasteiger partial charge in [-0.3, -0.25) is 4.79 Å². The molecule has 0 saturated carbocycles. The first kappa shape index (κ1) is 23.8. The van der Waals surface area contributed by atoms with E-state index in [9.17, 15) is 4.79 Å². The Morgan fingerprint density at radius 1 is 0.933 bits per heavy atom. The molecule has 0 saturated heterocycles. The average Bonchev–Trinajstić information content (AvgIpc) is 2.78. The van der Waals surface area contributed by atoms with Gasteiger partial charge < -0.3 is 10.2 Å². The highest BCUT2D eigenvalue weighted by atomic mass is 35.5. The van der Waals surface area contributed by atoms with E-state index in [2.05, 4.69) is 24.9 Å². The molecular weight excluding hydrogens is 412 g/mol. The standard InChI is InChI=1S/C19H23ClN2O.C6H6S/c1-3-13-22(4-2)19(23)16-7-11-18(12-8-16)21-14-15-5-9-17(20)10-6-15;7-6-4-2-1-3-5-6/h5-12,21H,3-4,13-14H2,1-2H3;1-5,7H. The van der Waals surface area contributed by atoms with Gasteiger partial charge in [-0.15, -0.1) is 12.6 Å². The number of nitrogens with zero attached hydrogens (tertiary/aromatic N) is 1. The average molecular weight is 441 g/mol. The normalized spacial score (nSPS) is 10.0. The quantitative estimate of drug-likeness (QED) is 0.396. The van der Waals surface area contributed by atoms with Crippen LogP contribution in [0.3, 0.4) is 0 Å². The van der Waals surface area contributed by atoms with E-state index < -0.39 is 0 Å². The lowest BCUT2D eigenvalue weighted by atomic mass is 10.1. The van der Waals surface area contributed by atoms with Gasteiger partial charge in [0.05, 0.1) is 0 Å². The molecule has 5 heteroatoms. The number of amides is 1. The number of nitrogens with one attached hydrogen (secondary N) is 1. The molecule has 0 fully saturated rings. The van der Waals surface area contributed by atoms with Crippen molar-refractivity contribution in [3.05, 3.63) is 95.0 Å². The molecule has 0 atom stereocenters. The summed E-state index contributed by atoms with van der Waals surface area (Å²) in [7, 11) is 0. The first-order valence-electron chi connectivity index (χ1n) is 10.1. The topological polar surface area (TPSA) is 32.3 Å². The first-order valence-corrected chi connectivity index (χ1v) is 11.0. The van der Waals surface area contributed by atoms with Crippen LogP contribution in [0.2, 0.25) is 5.02 Å². The fourth-order valence-electron chi connectivity index (χ4n) is 2.82. The van der Waals surface area contributed by atoms with Crippen molar-refractivity contribution in [3.8, 4) is 0 Å². The highest BCUT2D eigenvalue weighted by Gasteiger charge is 2.12. The van der Waals surface area contributed by atoms with E-state index in [1.54, 1.807) is 0 Å². The zero-order chi connectivity index (χ0) is 21.8. The molecule has 0 heterocycles. The van der Waals surface area contributed by atoms with Crippen molar-refractivity contribution in [1.82, 2.24) is 4.90 Å². The molecule has 30 heavy (non-hydrogen) atoms. The zero-order valence-corrected chi connectivity index (χ0v) is 19.2. The van der Waals surface area contributed by atoms with E-state index in [1.807, 2.05) is 90.7 Å². The molecule has 3 aromatic rings. The molecule has 1 amide bonds. The molecular formula is C25H29ClN2OS. The third-order valence-corrected chi connectivity index (χ3v) is 5.01. The predicted octanol–water partition coefficient (Wildman–Crippen LogP) is 6.80. The maximum absolute atomic E-state index is 12.4. The van der Waals surface area contributed by atoms with Gasteiger partial charge in [-0.1, -0.05) is 48.9 Å². The Morgan fingerprint density at radius 2 is 1.57 bits per heavy atom. The number of halogens is 1. The molecule has 0 aromatic heterocycles. The Bertz CT molecular complexity index is 883. The fourth-order valence-corrected chi connectivity index (χ4v) is 3.12. The van der Waals surface area contributed by atoms with Crippen LogP contribution in [0.4, 0.5) is 5.69 Å². The van der Waals surface area contributed by atoms with E-state index in [-0.39, 0.29) is 5.91 Å². The monoisotopic (exact) mass is 440 g/mol. The smallest absolute Gasteiger partial charge is 0.253 e. The summed E-state index contributed by atoms with van der Waals surface area (Å²) >= 11 is 9.96. The molecule has 3 rings (SSSR count). The molecule has 0 spiro atoms. The molecule has 3 nitrogen and oxygen atoms in total. The lowest BCUT2D eigenvalue weighted by molar-refractivity contribution is 0.0764. The summed E-state index contributed by atoms with van der Waals surface area (Å²) in [5.41, 5.74) is 2.89. The fraction of sp³-hybridized carbons (Fsp3) is 0.240. The highest BCUT2D eigenvalue weighted by molar-refractivity contribution is 7.80. The van der Waals surface area contributed by atoms with Crippen molar-refractivity contribution in [1.29, 1.82) is 0 Å². The van der Waals surface area contributed by atoms with Crippen LogP contribution in [0.25, 0.3) is 0 Å². The van der Waals surface area contributed by atoms with Gasteiger partial charge in [-0.2, -0.15) is 0 Å². The molecule has 0 radical (unpaired) electrons. The van der Waals surface area contributed by atoms with Crippen LogP contribution >= 0.6 is 24.2 Å². The minimum Gasteiger partial charge on any atom is -0.381 e. The van der Waals surface area contributed by atoms with E-state index in [0.717, 1.165) is 52.8 Å². The molecule has 0 aliphatic carbocycles. The summed E-state index contributed by atoms with van der Waals surface area (Å²) in [4.78, 5) is 15.3. The van der Waals surface area contributed by atoms with E-state index in [0.29, 0.717) is 0 Å². The van der Waals surface area contributed by atoms with Crippen LogP contribution in [-0.4, -0.2) is 23.9 Å². The maximum Gasteiger partial charge on any atom is 0.253 e. The number of hydrogen-bond acceptors (Lipinski definition) is 3. The largest absolute Gasteiger partial charge is 0.381 e. The molecule has 1 N–H and O–H groups in total. The van der Waals surface area contributed by atoms with Crippen LogP contribution in [-0.2, 0) is 6.54 Å². The number of anilines is 1. The predicted molar refractivity (Wildman–Crippen MR) is 131 cm³/mol. The Morgan fingerprint density at radius 3 is 2.07 bits per heavy atom. The lowest BCUT2D eigenvalue weighted by Crippen LogP contribution is -2.31. The number of rotatable bonds is 7. The van der Waals surface area contributed by atoms with Crippen molar-refractivity contribution >= 4 is 35.8 Å². The van der Waals surface area contributed by atoms with Crippen molar-refractivity contribution in [2.24, 2.45) is 0 Å². The summed E-state index contributed by atoms with van der Waals surface area (Å²) in [6.07, 6.45) is 0.973. The van der Waals surface area contributed by atoms with Crippen molar-refractivity contribution in [2.75, 3.05) is 18.4 Å². The van der Waals surface area contributed by atoms with Crippen molar-refractivity contribution in [2.45, 2.75) is 31.7 Å². The van der Waals surface area contributed by atoms with Gasteiger partial charge in [0.15, 0.2) is 0 Å². The van der Waals surface area contributed by atoms with E-state index in [1.165, 1.54) is 0 Å². The SMILES string of the molecule is CCCN(CC)C(=O)c1ccc(NCc2ccc(Cl)cc2)cc1.Sc1ccccc1. The number of benzene rings is 3. The second kappa shape index (κ2) is 13.0. The number of carbonyl (C=O) groups is 1. The summed E-state index contributed by atoms with van der Waals surface area (Å²) in [6, 6.07) is 25.2. The molecule has 158 valence electrons. The summed E-state index contributed by atoms with van der Waals surface area (Å²) < 4.78 is 0. The minimum absolute atomic E-state index is 0.0959. The third-order valence-electron chi connectivity index (χ3n) is 4.46. The molecule has 0 bridgehead atoms. The molecule has 0 aliphatic rings. The van der Waals surface area contributed by atoms with Gasteiger partial charge in [0.1, 0.15) is 0 Å². The Hall–Kier alpha value is -2.43.